The largest absolute Gasteiger partial charge is 0.457 e. The Kier molecular flexibility index (Phi) is 7.88. The lowest BCUT2D eigenvalue weighted by atomic mass is 9.86. The van der Waals surface area contributed by atoms with Crippen molar-refractivity contribution >= 4 is 17.4 Å². The van der Waals surface area contributed by atoms with Gasteiger partial charge < -0.3 is 15.8 Å². The SMILES string of the molecule is C=CC(=O)NC1CCC(CN=C(c2ccc(Oc3ccccc3)cc2)c2c(C)ncnc2N)CC1. The number of aromatic nitrogens is 2. The molecule has 3 aromatic rings. The van der Waals surface area contributed by atoms with Gasteiger partial charge in [-0.15, -0.1) is 0 Å². The third kappa shape index (κ3) is 6.32. The van der Waals surface area contributed by atoms with E-state index in [1.54, 1.807) is 0 Å². The first-order valence-electron chi connectivity index (χ1n) is 11.9. The van der Waals surface area contributed by atoms with Crippen LogP contribution in [-0.2, 0) is 4.79 Å². The van der Waals surface area contributed by atoms with Crippen molar-refractivity contribution in [3.05, 3.63) is 90.4 Å². The van der Waals surface area contributed by atoms with E-state index in [1.807, 2.05) is 61.5 Å². The van der Waals surface area contributed by atoms with Crippen LogP contribution < -0.4 is 15.8 Å². The van der Waals surface area contributed by atoms with Crippen LogP contribution in [0.4, 0.5) is 5.82 Å². The van der Waals surface area contributed by atoms with E-state index in [2.05, 4.69) is 21.9 Å². The smallest absolute Gasteiger partial charge is 0.243 e. The molecule has 1 aliphatic rings. The fourth-order valence-corrected chi connectivity index (χ4v) is 4.37. The minimum atomic E-state index is -0.108. The Morgan fingerprint density at radius 3 is 2.43 bits per heavy atom. The summed E-state index contributed by atoms with van der Waals surface area (Å²) in [6.07, 6.45) is 6.69. The topological polar surface area (TPSA) is 102 Å². The van der Waals surface area contributed by atoms with Crippen molar-refractivity contribution in [3.63, 3.8) is 0 Å². The molecule has 1 saturated carbocycles. The molecule has 1 fully saturated rings. The molecule has 3 N–H and O–H groups in total. The summed E-state index contributed by atoms with van der Waals surface area (Å²) < 4.78 is 5.94. The molecule has 1 heterocycles. The molecule has 180 valence electrons. The van der Waals surface area contributed by atoms with Crippen LogP contribution in [0.25, 0.3) is 0 Å². The van der Waals surface area contributed by atoms with Crippen LogP contribution in [0.2, 0.25) is 0 Å². The third-order valence-corrected chi connectivity index (χ3v) is 6.30. The van der Waals surface area contributed by atoms with E-state index in [0.717, 1.165) is 59.7 Å². The van der Waals surface area contributed by atoms with Crippen molar-refractivity contribution in [2.24, 2.45) is 10.9 Å². The zero-order valence-electron chi connectivity index (χ0n) is 20.0. The highest BCUT2D eigenvalue weighted by molar-refractivity contribution is 6.16. The molecule has 4 rings (SSSR count). The van der Waals surface area contributed by atoms with Crippen LogP contribution in [0.15, 0.2) is 78.6 Å². The number of carbonyl (C=O) groups excluding carboxylic acids is 1. The summed E-state index contributed by atoms with van der Waals surface area (Å²) in [7, 11) is 0. The molecule has 0 aliphatic heterocycles. The first-order chi connectivity index (χ1) is 17.0. The van der Waals surface area contributed by atoms with Crippen LogP contribution in [0.5, 0.6) is 11.5 Å². The lowest BCUT2D eigenvalue weighted by molar-refractivity contribution is -0.117. The molecule has 1 aromatic heterocycles. The Bertz CT molecular complexity index is 1160. The van der Waals surface area contributed by atoms with Crippen molar-refractivity contribution < 1.29 is 9.53 Å². The number of carbonyl (C=O) groups is 1. The van der Waals surface area contributed by atoms with E-state index < -0.39 is 0 Å². The Hall–Kier alpha value is -4.00. The van der Waals surface area contributed by atoms with Gasteiger partial charge in [0.2, 0.25) is 5.91 Å². The molecule has 0 spiro atoms. The minimum absolute atomic E-state index is 0.108. The first kappa shape index (κ1) is 24.1. The second kappa shape index (κ2) is 11.4. The number of rotatable bonds is 8. The van der Waals surface area contributed by atoms with Gasteiger partial charge in [-0.05, 0) is 81.0 Å². The highest BCUT2D eigenvalue weighted by atomic mass is 16.5. The number of amides is 1. The molecule has 7 nitrogen and oxygen atoms in total. The number of nitrogens with one attached hydrogen (secondary N) is 1. The van der Waals surface area contributed by atoms with Crippen LogP contribution in [0, 0.1) is 12.8 Å². The molecule has 1 aliphatic carbocycles. The summed E-state index contributed by atoms with van der Waals surface area (Å²) in [5, 5.41) is 3.01. The van der Waals surface area contributed by atoms with Gasteiger partial charge in [0.25, 0.3) is 0 Å². The zero-order valence-corrected chi connectivity index (χ0v) is 20.0. The Morgan fingerprint density at radius 2 is 1.77 bits per heavy atom. The Balaban J connectivity index is 1.53. The summed E-state index contributed by atoms with van der Waals surface area (Å²) in [4.78, 5) is 25.2. The van der Waals surface area contributed by atoms with Crippen LogP contribution in [-0.4, -0.2) is 34.2 Å². The average molecular weight is 470 g/mol. The molecular formula is C28H31N5O2. The Morgan fingerprint density at radius 1 is 1.09 bits per heavy atom. The quantitative estimate of drug-likeness (QED) is 0.362. The fraction of sp³-hybridized carbons (Fsp3) is 0.286. The molecule has 7 heteroatoms. The van der Waals surface area contributed by atoms with Crippen LogP contribution in [0.1, 0.15) is 42.5 Å². The van der Waals surface area contributed by atoms with Gasteiger partial charge in [0.05, 0.1) is 17.0 Å². The maximum Gasteiger partial charge on any atom is 0.243 e. The third-order valence-electron chi connectivity index (χ3n) is 6.30. The molecule has 0 atom stereocenters. The number of para-hydroxylation sites is 1. The van der Waals surface area contributed by atoms with Crippen molar-refractivity contribution in [2.75, 3.05) is 12.3 Å². The first-order valence-corrected chi connectivity index (χ1v) is 11.9. The second-order valence-corrected chi connectivity index (χ2v) is 8.78. The average Bonchev–Trinajstić information content (AvgIpc) is 2.88. The normalized spacial score (nSPS) is 18.0. The highest BCUT2D eigenvalue weighted by Crippen LogP contribution is 2.27. The second-order valence-electron chi connectivity index (χ2n) is 8.78. The zero-order chi connectivity index (χ0) is 24.6. The summed E-state index contributed by atoms with van der Waals surface area (Å²) in [6, 6.07) is 17.7. The number of nitrogen functional groups attached to an aromatic ring is 1. The molecule has 0 bridgehead atoms. The van der Waals surface area contributed by atoms with Gasteiger partial charge in [0.1, 0.15) is 23.6 Å². The predicted molar refractivity (Wildman–Crippen MR) is 139 cm³/mol. The van der Waals surface area contributed by atoms with Gasteiger partial charge in [-0.1, -0.05) is 24.8 Å². The van der Waals surface area contributed by atoms with Crippen molar-refractivity contribution in [3.8, 4) is 11.5 Å². The van der Waals surface area contributed by atoms with Gasteiger partial charge in [0.15, 0.2) is 0 Å². The monoisotopic (exact) mass is 469 g/mol. The molecule has 1 amide bonds. The van der Waals surface area contributed by atoms with Crippen molar-refractivity contribution in [1.29, 1.82) is 0 Å². The minimum Gasteiger partial charge on any atom is -0.457 e. The number of anilines is 1. The van der Waals surface area contributed by atoms with Gasteiger partial charge in [-0.2, -0.15) is 0 Å². The van der Waals surface area contributed by atoms with Gasteiger partial charge in [0, 0.05) is 18.2 Å². The maximum atomic E-state index is 11.6. The highest BCUT2D eigenvalue weighted by Gasteiger charge is 2.23. The van der Waals surface area contributed by atoms with Gasteiger partial charge >= 0.3 is 0 Å². The summed E-state index contributed by atoms with van der Waals surface area (Å²) in [5.74, 6) is 2.27. The molecular weight excluding hydrogens is 438 g/mol. The van der Waals surface area contributed by atoms with Crippen LogP contribution >= 0.6 is 0 Å². The van der Waals surface area contributed by atoms with E-state index in [4.69, 9.17) is 15.5 Å². The number of nitrogens with two attached hydrogens (primary N) is 1. The number of ether oxygens (including phenoxy) is 1. The van der Waals surface area contributed by atoms with E-state index in [9.17, 15) is 4.79 Å². The Labute approximate surface area is 206 Å². The van der Waals surface area contributed by atoms with Crippen LogP contribution in [0.3, 0.4) is 0 Å². The van der Waals surface area contributed by atoms with Crippen molar-refractivity contribution in [2.45, 2.75) is 38.6 Å². The molecule has 2 aromatic carbocycles. The number of hydrogen-bond donors (Lipinski definition) is 2. The van der Waals surface area contributed by atoms with Crippen molar-refractivity contribution in [1.82, 2.24) is 15.3 Å². The predicted octanol–water partition coefficient (Wildman–Crippen LogP) is 4.86. The number of hydrogen-bond acceptors (Lipinski definition) is 6. The summed E-state index contributed by atoms with van der Waals surface area (Å²) in [5.41, 5.74) is 9.54. The number of benzene rings is 2. The summed E-state index contributed by atoms with van der Waals surface area (Å²) in [6.45, 7) is 6.12. The van der Waals surface area contributed by atoms with Gasteiger partial charge in [-0.3, -0.25) is 9.79 Å². The van der Waals surface area contributed by atoms with E-state index in [-0.39, 0.29) is 11.9 Å². The van der Waals surface area contributed by atoms with E-state index in [1.165, 1.54) is 12.4 Å². The van der Waals surface area contributed by atoms with Gasteiger partial charge in [-0.25, -0.2) is 9.97 Å². The number of aliphatic imine (C=N–C) groups is 1. The lowest BCUT2D eigenvalue weighted by Gasteiger charge is -2.28. The fourth-order valence-electron chi connectivity index (χ4n) is 4.37. The molecule has 0 saturated heterocycles. The number of nitrogens with zero attached hydrogens (tertiary/aromatic N) is 3. The summed E-state index contributed by atoms with van der Waals surface area (Å²) >= 11 is 0. The lowest BCUT2D eigenvalue weighted by Crippen LogP contribution is -2.37. The standard InChI is InChI=1S/C28H31N5O2/c1-3-25(34)33-22-13-9-20(10-14-22)17-30-27(26-19(2)31-18-32-28(26)29)21-11-15-24(16-12-21)35-23-7-5-4-6-8-23/h3-8,11-12,15-16,18,20,22H,1,9-10,13-14,17H2,2H3,(H,33,34)(H2,29,31,32). The maximum absolute atomic E-state index is 11.6. The van der Waals surface area contributed by atoms with E-state index in [0.29, 0.717) is 18.3 Å². The number of aryl methyl sites for hydroxylation is 1. The van der Waals surface area contributed by atoms with E-state index >= 15 is 0 Å². The molecule has 0 unspecified atom stereocenters. The molecule has 0 radical (unpaired) electrons. The molecule has 35 heavy (non-hydrogen) atoms.